The summed E-state index contributed by atoms with van der Waals surface area (Å²) in [6.45, 7) is 4.90. The highest BCUT2D eigenvalue weighted by atomic mass is 16.3. The number of likely N-dealkylation sites (tertiary alicyclic amines) is 1. The van der Waals surface area contributed by atoms with Crippen LogP contribution >= 0.6 is 0 Å². The second-order valence-electron chi connectivity index (χ2n) is 7.73. The van der Waals surface area contributed by atoms with E-state index in [-0.39, 0.29) is 30.1 Å². The first-order valence-corrected chi connectivity index (χ1v) is 10.0. The van der Waals surface area contributed by atoms with Crippen molar-refractivity contribution in [3.05, 3.63) is 35.8 Å². The fourth-order valence-corrected chi connectivity index (χ4v) is 3.68. The number of aromatic nitrogens is 4. The number of nitrogens with zero attached hydrogens (tertiary/aromatic N) is 5. The fourth-order valence-electron chi connectivity index (χ4n) is 3.68. The van der Waals surface area contributed by atoms with Crippen LogP contribution < -0.4 is 10.6 Å². The molecular weight excluding hydrogens is 388 g/mol. The van der Waals surface area contributed by atoms with Gasteiger partial charge in [0, 0.05) is 58.7 Å². The van der Waals surface area contributed by atoms with E-state index in [1.54, 1.807) is 17.3 Å². The van der Waals surface area contributed by atoms with Crippen LogP contribution in [0.4, 0.5) is 5.82 Å². The van der Waals surface area contributed by atoms with Gasteiger partial charge in [0.05, 0.1) is 29.9 Å². The minimum atomic E-state index is -0.689. The zero-order valence-electron chi connectivity index (χ0n) is 16.8. The van der Waals surface area contributed by atoms with E-state index in [2.05, 4.69) is 35.5 Å². The summed E-state index contributed by atoms with van der Waals surface area (Å²) in [7, 11) is 0. The third-order valence-electron chi connectivity index (χ3n) is 5.40. The second-order valence-corrected chi connectivity index (χ2v) is 7.73. The van der Waals surface area contributed by atoms with Crippen molar-refractivity contribution < 1.29 is 14.7 Å². The predicted octanol–water partition coefficient (Wildman–Crippen LogP) is -1.01. The van der Waals surface area contributed by atoms with Crippen molar-refractivity contribution in [1.82, 2.24) is 35.1 Å². The molecular formula is C19H26N8O3. The second kappa shape index (κ2) is 8.76. The molecule has 0 bridgehead atoms. The lowest BCUT2D eigenvalue weighted by Gasteiger charge is -2.39. The zero-order valence-corrected chi connectivity index (χ0v) is 16.8. The number of amides is 2. The van der Waals surface area contributed by atoms with Crippen LogP contribution in [-0.4, -0.2) is 91.5 Å². The van der Waals surface area contributed by atoms with Crippen molar-refractivity contribution in [3.63, 3.8) is 0 Å². The Labute approximate surface area is 173 Å². The van der Waals surface area contributed by atoms with Gasteiger partial charge in [0.25, 0.3) is 5.91 Å². The van der Waals surface area contributed by atoms with Crippen LogP contribution in [0.3, 0.4) is 0 Å². The molecule has 1 atom stereocenters. The summed E-state index contributed by atoms with van der Waals surface area (Å²) < 4.78 is 0. The van der Waals surface area contributed by atoms with E-state index >= 15 is 0 Å². The van der Waals surface area contributed by atoms with Gasteiger partial charge in [0.2, 0.25) is 5.91 Å². The van der Waals surface area contributed by atoms with E-state index in [0.29, 0.717) is 32.0 Å². The number of carbonyl (C=O) groups is 2. The van der Waals surface area contributed by atoms with Gasteiger partial charge >= 0.3 is 0 Å². The lowest BCUT2D eigenvalue weighted by molar-refractivity contribution is -0.132. The molecule has 30 heavy (non-hydrogen) atoms. The molecule has 1 unspecified atom stereocenters. The van der Waals surface area contributed by atoms with Gasteiger partial charge in [-0.05, 0) is 0 Å². The van der Waals surface area contributed by atoms with E-state index in [1.165, 1.54) is 13.3 Å². The Morgan fingerprint density at radius 2 is 2.17 bits per heavy atom. The smallest absolute Gasteiger partial charge is 0.270 e. The Bertz CT molecular complexity index is 911. The summed E-state index contributed by atoms with van der Waals surface area (Å²) in [5, 5.41) is 16.2. The number of fused-ring (bicyclic) bond motifs is 1. The zero-order chi connectivity index (χ0) is 21.1. The van der Waals surface area contributed by atoms with Gasteiger partial charge in [-0.15, -0.1) is 0 Å². The molecule has 2 aromatic rings. The van der Waals surface area contributed by atoms with Gasteiger partial charge in [-0.1, -0.05) is 0 Å². The molecule has 0 spiro atoms. The highest BCUT2D eigenvalue weighted by Crippen LogP contribution is 2.15. The van der Waals surface area contributed by atoms with Crippen molar-refractivity contribution in [2.24, 2.45) is 0 Å². The Kier molecular flexibility index (Phi) is 5.91. The number of H-pyrrole nitrogens is 1. The van der Waals surface area contributed by atoms with Gasteiger partial charge < -0.3 is 25.6 Å². The third-order valence-corrected chi connectivity index (χ3v) is 5.40. The maximum Gasteiger partial charge on any atom is 0.270 e. The maximum absolute atomic E-state index is 12.4. The van der Waals surface area contributed by atoms with E-state index in [0.717, 1.165) is 24.4 Å². The van der Waals surface area contributed by atoms with Gasteiger partial charge in [-0.25, -0.2) is 15.0 Å². The Morgan fingerprint density at radius 1 is 1.33 bits per heavy atom. The first-order chi connectivity index (χ1) is 14.5. The Morgan fingerprint density at radius 3 is 2.97 bits per heavy atom. The molecule has 2 aliphatic heterocycles. The number of β-amino-alcohol motifs (C(OH)–C–C–N with tert-alkyl or cyclic N) is 1. The van der Waals surface area contributed by atoms with Gasteiger partial charge in [0.15, 0.2) is 0 Å². The van der Waals surface area contributed by atoms with Crippen molar-refractivity contribution in [2.75, 3.05) is 38.0 Å². The lowest BCUT2D eigenvalue weighted by atomic mass is 10.1. The number of hydrogen-bond donors (Lipinski definition) is 4. The van der Waals surface area contributed by atoms with E-state index in [9.17, 15) is 14.7 Å². The van der Waals surface area contributed by atoms with Crippen LogP contribution in [0.5, 0.6) is 0 Å². The van der Waals surface area contributed by atoms with Crippen LogP contribution in [0.15, 0.2) is 18.7 Å². The van der Waals surface area contributed by atoms with Crippen LogP contribution in [0.1, 0.15) is 28.8 Å². The Balaban J connectivity index is 1.22. The molecule has 160 valence electrons. The molecule has 4 heterocycles. The minimum Gasteiger partial charge on any atom is -0.390 e. The molecule has 0 aliphatic carbocycles. The molecule has 11 nitrogen and oxygen atoms in total. The number of carbonyl (C=O) groups excluding carboxylic acids is 2. The number of aliphatic hydroxyl groups excluding tert-OH is 1. The summed E-state index contributed by atoms with van der Waals surface area (Å²) in [4.78, 5) is 43.1. The third kappa shape index (κ3) is 4.74. The maximum atomic E-state index is 12.4. The number of hydrogen-bond acceptors (Lipinski definition) is 8. The predicted molar refractivity (Wildman–Crippen MR) is 108 cm³/mol. The first-order valence-electron chi connectivity index (χ1n) is 10.0. The number of nitrogens with one attached hydrogen (secondary N) is 3. The number of anilines is 1. The fraction of sp³-hybridized carbons (Fsp3) is 0.526. The topological polar surface area (TPSA) is 139 Å². The van der Waals surface area contributed by atoms with Crippen molar-refractivity contribution in [1.29, 1.82) is 0 Å². The average Bonchev–Trinajstić information content (AvgIpc) is 3.16. The molecule has 4 rings (SSSR count). The molecule has 4 N–H and O–H groups in total. The van der Waals surface area contributed by atoms with Crippen molar-refractivity contribution in [3.8, 4) is 0 Å². The van der Waals surface area contributed by atoms with Crippen molar-refractivity contribution >= 4 is 17.6 Å². The molecule has 0 radical (unpaired) electrons. The van der Waals surface area contributed by atoms with Gasteiger partial charge in [0.1, 0.15) is 17.8 Å². The first kappa shape index (κ1) is 20.2. The molecule has 0 aromatic carbocycles. The highest BCUT2D eigenvalue weighted by molar-refractivity contribution is 5.92. The normalized spacial score (nSPS) is 17.7. The molecule has 2 aromatic heterocycles. The minimum absolute atomic E-state index is 0.0453. The summed E-state index contributed by atoms with van der Waals surface area (Å²) in [6, 6.07) is 1.68. The number of aliphatic hydroxyl groups is 1. The molecule has 1 saturated heterocycles. The number of rotatable bonds is 7. The summed E-state index contributed by atoms with van der Waals surface area (Å²) in [6.07, 6.45) is 3.18. The average molecular weight is 414 g/mol. The van der Waals surface area contributed by atoms with E-state index < -0.39 is 6.10 Å². The molecule has 2 aliphatic rings. The monoisotopic (exact) mass is 414 g/mol. The number of aromatic amines is 1. The summed E-state index contributed by atoms with van der Waals surface area (Å²) >= 11 is 0. The molecule has 2 amide bonds. The van der Waals surface area contributed by atoms with Gasteiger partial charge in [-0.2, -0.15) is 0 Å². The van der Waals surface area contributed by atoms with E-state index in [1.807, 2.05) is 0 Å². The molecule has 11 heteroatoms. The standard InChI is InChI=1S/C19H26N8O3/c1-12(28)27-6-13(7-27)25-18-4-16(22-11-24-18)19(30)20-5-14(29)8-26-3-2-15-17(9-26)23-10-21-15/h4,10-11,13-14,29H,2-3,5-9H2,1H3,(H,20,30)(H,21,23)(H,22,24,25). The van der Waals surface area contributed by atoms with Crippen LogP contribution in [0.25, 0.3) is 0 Å². The highest BCUT2D eigenvalue weighted by Gasteiger charge is 2.28. The van der Waals surface area contributed by atoms with Gasteiger partial charge in [-0.3, -0.25) is 14.5 Å². The van der Waals surface area contributed by atoms with Crippen LogP contribution in [0, 0.1) is 0 Å². The lowest BCUT2D eigenvalue weighted by Crippen LogP contribution is -2.56. The van der Waals surface area contributed by atoms with Crippen molar-refractivity contribution in [2.45, 2.75) is 32.0 Å². The quantitative estimate of drug-likeness (QED) is 0.452. The summed E-state index contributed by atoms with van der Waals surface area (Å²) in [5.41, 5.74) is 2.39. The largest absolute Gasteiger partial charge is 0.390 e. The van der Waals surface area contributed by atoms with E-state index in [4.69, 9.17) is 0 Å². The molecule has 0 saturated carbocycles. The van der Waals surface area contributed by atoms with Crippen LogP contribution in [-0.2, 0) is 17.8 Å². The molecule has 1 fully saturated rings. The number of imidazole rings is 1. The van der Waals surface area contributed by atoms with Crippen LogP contribution in [0.2, 0.25) is 0 Å². The SMILES string of the molecule is CC(=O)N1CC(Nc2cc(C(=O)NCC(O)CN3CCc4nc[nH]c4C3)ncn2)C1. The summed E-state index contributed by atoms with van der Waals surface area (Å²) in [5.74, 6) is 0.212. The Hall–Kier alpha value is -3.05.